The molecule has 0 atom stereocenters. The minimum atomic E-state index is -0.550. The van der Waals surface area contributed by atoms with Gasteiger partial charge >= 0.3 is 5.97 Å². The minimum Gasteiger partial charge on any atom is -0.465 e. The summed E-state index contributed by atoms with van der Waals surface area (Å²) in [6, 6.07) is 12.0. The van der Waals surface area contributed by atoms with Gasteiger partial charge in [-0.05, 0) is 36.6 Å². The molecular weight excluding hydrogens is 322 g/mol. The Kier molecular flexibility index (Phi) is 5.46. The van der Waals surface area contributed by atoms with Crippen molar-refractivity contribution in [2.24, 2.45) is 0 Å². The zero-order valence-corrected chi connectivity index (χ0v) is 13.6. The zero-order valence-electron chi connectivity index (χ0n) is 12.1. The van der Waals surface area contributed by atoms with Crippen molar-refractivity contribution in [2.45, 2.75) is 4.90 Å². The molecule has 0 aromatic heterocycles. The van der Waals surface area contributed by atoms with Crippen LogP contribution in [0.15, 0.2) is 47.4 Å². The SMILES string of the molecule is COC(=O)c1cc(NC(=O)c2ccccc2SC)ccc1Cl. The van der Waals surface area contributed by atoms with Crippen LogP contribution in [0, 0.1) is 0 Å². The first-order valence-corrected chi connectivity index (χ1v) is 7.99. The van der Waals surface area contributed by atoms with Crippen molar-refractivity contribution >= 4 is 40.9 Å². The lowest BCUT2D eigenvalue weighted by Gasteiger charge is -2.10. The molecule has 22 heavy (non-hydrogen) atoms. The third-order valence-electron chi connectivity index (χ3n) is 2.98. The molecule has 0 aliphatic rings. The normalized spacial score (nSPS) is 10.1. The van der Waals surface area contributed by atoms with Gasteiger partial charge in [-0.25, -0.2) is 4.79 Å². The summed E-state index contributed by atoms with van der Waals surface area (Å²) in [5.74, 6) is -0.797. The van der Waals surface area contributed by atoms with Crippen LogP contribution in [0.5, 0.6) is 0 Å². The van der Waals surface area contributed by atoms with Crippen LogP contribution >= 0.6 is 23.4 Å². The average Bonchev–Trinajstić information content (AvgIpc) is 2.55. The number of methoxy groups -OCH3 is 1. The fraction of sp³-hybridized carbons (Fsp3) is 0.125. The number of esters is 1. The van der Waals surface area contributed by atoms with Crippen molar-refractivity contribution in [3.05, 3.63) is 58.6 Å². The van der Waals surface area contributed by atoms with Crippen LogP contribution in [0.3, 0.4) is 0 Å². The Morgan fingerprint density at radius 1 is 1.14 bits per heavy atom. The largest absolute Gasteiger partial charge is 0.465 e. The number of thioether (sulfide) groups is 1. The molecule has 0 aliphatic heterocycles. The number of hydrogen-bond acceptors (Lipinski definition) is 4. The maximum Gasteiger partial charge on any atom is 0.339 e. The second-order valence-electron chi connectivity index (χ2n) is 4.34. The summed E-state index contributed by atoms with van der Waals surface area (Å²) in [6.45, 7) is 0. The van der Waals surface area contributed by atoms with Crippen molar-refractivity contribution < 1.29 is 14.3 Å². The van der Waals surface area contributed by atoms with Crippen LogP contribution in [0.4, 0.5) is 5.69 Å². The molecular formula is C16H14ClNO3S. The number of carbonyl (C=O) groups is 2. The molecule has 4 nitrogen and oxygen atoms in total. The predicted octanol–water partition coefficient (Wildman–Crippen LogP) is 4.10. The highest BCUT2D eigenvalue weighted by molar-refractivity contribution is 7.98. The Morgan fingerprint density at radius 2 is 1.86 bits per heavy atom. The summed E-state index contributed by atoms with van der Waals surface area (Å²) in [7, 11) is 1.28. The number of nitrogens with one attached hydrogen (secondary N) is 1. The first-order valence-electron chi connectivity index (χ1n) is 6.39. The minimum absolute atomic E-state index is 0.208. The molecule has 1 N–H and O–H groups in total. The van der Waals surface area contributed by atoms with Crippen molar-refractivity contribution in [3.8, 4) is 0 Å². The molecule has 2 aromatic carbocycles. The number of rotatable bonds is 4. The van der Waals surface area contributed by atoms with Gasteiger partial charge in [0.25, 0.3) is 5.91 Å². The van der Waals surface area contributed by atoms with E-state index in [1.165, 1.54) is 24.9 Å². The number of benzene rings is 2. The molecule has 0 bridgehead atoms. The van der Waals surface area contributed by atoms with Gasteiger partial charge in [0.1, 0.15) is 0 Å². The van der Waals surface area contributed by atoms with Crippen LogP contribution in [-0.4, -0.2) is 25.2 Å². The maximum atomic E-state index is 12.4. The van der Waals surface area contributed by atoms with E-state index < -0.39 is 5.97 Å². The molecule has 0 unspecified atom stereocenters. The summed E-state index contributed by atoms with van der Waals surface area (Å²) in [5, 5.41) is 3.03. The summed E-state index contributed by atoms with van der Waals surface area (Å²) in [6.07, 6.45) is 1.91. The number of carbonyl (C=O) groups excluding carboxylic acids is 2. The van der Waals surface area contributed by atoms with E-state index in [-0.39, 0.29) is 16.5 Å². The van der Waals surface area contributed by atoms with Crippen molar-refractivity contribution in [1.29, 1.82) is 0 Å². The van der Waals surface area contributed by atoms with Gasteiger partial charge in [-0.3, -0.25) is 4.79 Å². The summed E-state index contributed by atoms with van der Waals surface area (Å²) in [4.78, 5) is 24.9. The Bertz CT molecular complexity index is 718. The van der Waals surface area contributed by atoms with E-state index in [0.29, 0.717) is 11.3 Å². The zero-order chi connectivity index (χ0) is 16.1. The summed E-state index contributed by atoms with van der Waals surface area (Å²) >= 11 is 7.45. The lowest BCUT2D eigenvalue weighted by atomic mass is 10.1. The van der Waals surface area contributed by atoms with Crippen LogP contribution in [0.1, 0.15) is 20.7 Å². The van der Waals surface area contributed by atoms with Gasteiger partial charge in [0, 0.05) is 10.6 Å². The highest BCUT2D eigenvalue weighted by Gasteiger charge is 2.14. The van der Waals surface area contributed by atoms with Gasteiger partial charge in [-0.1, -0.05) is 23.7 Å². The highest BCUT2D eigenvalue weighted by atomic mass is 35.5. The van der Waals surface area contributed by atoms with Crippen LogP contribution in [-0.2, 0) is 4.74 Å². The van der Waals surface area contributed by atoms with E-state index in [2.05, 4.69) is 10.1 Å². The molecule has 0 radical (unpaired) electrons. The smallest absolute Gasteiger partial charge is 0.339 e. The van der Waals surface area contributed by atoms with Gasteiger partial charge in [-0.15, -0.1) is 11.8 Å². The van der Waals surface area contributed by atoms with E-state index in [9.17, 15) is 9.59 Å². The summed E-state index contributed by atoms with van der Waals surface area (Å²) in [5.41, 5.74) is 1.26. The van der Waals surface area contributed by atoms with E-state index in [1.807, 2.05) is 18.4 Å². The number of halogens is 1. The monoisotopic (exact) mass is 335 g/mol. The second-order valence-corrected chi connectivity index (χ2v) is 5.60. The molecule has 0 fully saturated rings. The fourth-order valence-electron chi connectivity index (χ4n) is 1.90. The van der Waals surface area contributed by atoms with Crippen LogP contribution < -0.4 is 5.32 Å². The van der Waals surface area contributed by atoms with E-state index >= 15 is 0 Å². The Balaban J connectivity index is 2.27. The van der Waals surface area contributed by atoms with Gasteiger partial charge in [0.15, 0.2) is 0 Å². The molecule has 2 aromatic rings. The molecule has 0 saturated carbocycles. The Hall–Kier alpha value is -1.98. The van der Waals surface area contributed by atoms with Gasteiger partial charge < -0.3 is 10.1 Å². The quantitative estimate of drug-likeness (QED) is 0.675. The molecule has 1 amide bonds. The average molecular weight is 336 g/mol. The molecule has 114 valence electrons. The standard InChI is InChI=1S/C16H14ClNO3S/c1-21-16(20)12-9-10(7-8-13(12)17)18-15(19)11-5-3-4-6-14(11)22-2/h3-9H,1-2H3,(H,18,19). The van der Waals surface area contributed by atoms with Gasteiger partial charge in [0.2, 0.25) is 0 Å². The fourth-order valence-corrected chi connectivity index (χ4v) is 2.69. The predicted molar refractivity (Wildman–Crippen MR) is 89.0 cm³/mol. The number of anilines is 1. The van der Waals surface area contributed by atoms with Crippen molar-refractivity contribution in [3.63, 3.8) is 0 Å². The molecule has 0 aliphatic carbocycles. The third-order valence-corrected chi connectivity index (χ3v) is 4.11. The van der Waals surface area contributed by atoms with Crippen molar-refractivity contribution in [1.82, 2.24) is 0 Å². The lowest BCUT2D eigenvalue weighted by molar-refractivity contribution is 0.0600. The first-order chi connectivity index (χ1) is 10.6. The van der Waals surface area contributed by atoms with E-state index in [1.54, 1.807) is 24.3 Å². The van der Waals surface area contributed by atoms with E-state index in [4.69, 9.17) is 11.6 Å². The topological polar surface area (TPSA) is 55.4 Å². The maximum absolute atomic E-state index is 12.4. The molecule has 0 spiro atoms. The highest BCUT2D eigenvalue weighted by Crippen LogP contribution is 2.24. The Morgan fingerprint density at radius 3 is 2.55 bits per heavy atom. The van der Waals surface area contributed by atoms with Crippen molar-refractivity contribution in [2.75, 3.05) is 18.7 Å². The Labute approximate surface area is 137 Å². The molecule has 0 saturated heterocycles. The summed E-state index contributed by atoms with van der Waals surface area (Å²) < 4.78 is 4.66. The van der Waals surface area contributed by atoms with Gasteiger partial charge in [0.05, 0.1) is 23.3 Å². The van der Waals surface area contributed by atoms with Crippen LogP contribution in [0.2, 0.25) is 5.02 Å². The second kappa shape index (κ2) is 7.33. The van der Waals surface area contributed by atoms with Crippen LogP contribution in [0.25, 0.3) is 0 Å². The molecule has 0 heterocycles. The van der Waals surface area contributed by atoms with E-state index in [0.717, 1.165) is 4.90 Å². The molecule has 2 rings (SSSR count). The lowest BCUT2D eigenvalue weighted by Crippen LogP contribution is -2.13. The number of hydrogen-bond donors (Lipinski definition) is 1. The molecule has 6 heteroatoms. The number of ether oxygens (including phenoxy) is 1. The van der Waals surface area contributed by atoms with Gasteiger partial charge in [-0.2, -0.15) is 0 Å². The third kappa shape index (κ3) is 3.61. The number of amides is 1. The first kappa shape index (κ1) is 16.4.